The monoisotopic (exact) mass is 332 g/mol. The zero-order valence-electron chi connectivity index (χ0n) is 13.8. The van der Waals surface area contributed by atoms with Crippen LogP contribution in [0.25, 0.3) is 0 Å². The van der Waals surface area contributed by atoms with Gasteiger partial charge in [0.05, 0.1) is 6.61 Å². The lowest BCUT2D eigenvalue weighted by Gasteiger charge is -2.27. The topological polar surface area (TPSA) is 107 Å². The molecule has 0 saturated carbocycles. The quantitative estimate of drug-likeness (QED) is 0.190. The van der Waals surface area contributed by atoms with E-state index in [1.807, 2.05) is 6.08 Å². The lowest BCUT2D eigenvalue weighted by molar-refractivity contribution is -0.150. The summed E-state index contributed by atoms with van der Waals surface area (Å²) >= 11 is 0. The lowest BCUT2D eigenvalue weighted by atomic mass is 10.0. The van der Waals surface area contributed by atoms with Crippen molar-refractivity contribution in [3.8, 4) is 0 Å². The van der Waals surface area contributed by atoms with Crippen LogP contribution in [0.3, 0.4) is 0 Å². The Kier molecular flexibility index (Phi) is 14.3. The molecule has 136 valence electrons. The second kappa shape index (κ2) is 14.8. The maximum Gasteiger partial charge on any atom is 0.151 e. The van der Waals surface area contributed by atoms with Crippen LogP contribution in [0.15, 0.2) is 12.7 Å². The SMILES string of the molecule is C=CCCCCCCCCCO[C@@H]([C@H](O)[C@H](O)CO)[C@@H](O)C=O. The van der Waals surface area contributed by atoms with Crippen molar-refractivity contribution in [1.29, 1.82) is 0 Å². The molecule has 0 unspecified atom stereocenters. The number of carbonyl (C=O) groups excluding carboxylic acids is 1. The van der Waals surface area contributed by atoms with Gasteiger partial charge in [0.2, 0.25) is 0 Å². The molecule has 4 atom stereocenters. The fourth-order valence-electron chi connectivity index (χ4n) is 2.30. The van der Waals surface area contributed by atoms with Crippen molar-refractivity contribution in [2.45, 2.75) is 75.8 Å². The van der Waals surface area contributed by atoms with E-state index in [4.69, 9.17) is 9.84 Å². The summed E-state index contributed by atoms with van der Waals surface area (Å²) in [4.78, 5) is 10.7. The molecular formula is C17H32O6. The minimum Gasteiger partial charge on any atom is -0.394 e. The Morgan fingerprint density at radius 2 is 1.52 bits per heavy atom. The number of carbonyl (C=O) groups is 1. The summed E-state index contributed by atoms with van der Waals surface area (Å²) in [6.07, 6.45) is 5.07. The predicted octanol–water partition coefficient (Wildman–Crippen LogP) is 0.952. The van der Waals surface area contributed by atoms with Gasteiger partial charge in [0, 0.05) is 6.61 Å². The maximum atomic E-state index is 10.7. The van der Waals surface area contributed by atoms with E-state index >= 15 is 0 Å². The summed E-state index contributed by atoms with van der Waals surface area (Å²) in [6.45, 7) is 3.30. The molecule has 0 aliphatic carbocycles. The third-order valence-electron chi connectivity index (χ3n) is 3.76. The van der Waals surface area contributed by atoms with Crippen molar-refractivity contribution in [3.63, 3.8) is 0 Å². The number of aliphatic hydroxyl groups is 4. The van der Waals surface area contributed by atoms with Crippen molar-refractivity contribution in [3.05, 3.63) is 12.7 Å². The number of ether oxygens (including phenoxy) is 1. The van der Waals surface area contributed by atoms with Crippen LogP contribution in [0, 0.1) is 0 Å². The number of unbranched alkanes of at least 4 members (excludes halogenated alkanes) is 7. The van der Waals surface area contributed by atoms with Gasteiger partial charge in [-0.3, -0.25) is 0 Å². The second-order valence-electron chi connectivity index (χ2n) is 5.75. The highest BCUT2D eigenvalue weighted by Gasteiger charge is 2.32. The van der Waals surface area contributed by atoms with E-state index in [0.29, 0.717) is 0 Å². The predicted molar refractivity (Wildman–Crippen MR) is 88.0 cm³/mol. The third-order valence-corrected chi connectivity index (χ3v) is 3.76. The van der Waals surface area contributed by atoms with Crippen molar-refractivity contribution in [2.24, 2.45) is 0 Å². The lowest BCUT2D eigenvalue weighted by Crippen LogP contribution is -2.48. The molecule has 0 amide bonds. The van der Waals surface area contributed by atoms with Crippen LogP contribution in [0.2, 0.25) is 0 Å². The van der Waals surface area contributed by atoms with Crippen LogP contribution in [0.5, 0.6) is 0 Å². The highest BCUT2D eigenvalue weighted by atomic mass is 16.5. The van der Waals surface area contributed by atoms with Gasteiger partial charge < -0.3 is 30.0 Å². The first kappa shape index (κ1) is 22.2. The van der Waals surface area contributed by atoms with Gasteiger partial charge in [0.25, 0.3) is 0 Å². The highest BCUT2D eigenvalue weighted by molar-refractivity contribution is 5.56. The van der Waals surface area contributed by atoms with Gasteiger partial charge in [0.1, 0.15) is 24.4 Å². The van der Waals surface area contributed by atoms with Crippen LogP contribution in [0.4, 0.5) is 0 Å². The minimum atomic E-state index is -1.53. The Morgan fingerprint density at radius 3 is 2.04 bits per heavy atom. The molecule has 0 aliphatic rings. The molecule has 0 bridgehead atoms. The summed E-state index contributed by atoms with van der Waals surface area (Å²) in [5.41, 5.74) is 0. The summed E-state index contributed by atoms with van der Waals surface area (Å²) in [5.74, 6) is 0. The van der Waals surface area contributed by atoms with Gasteiger partial charge >= 0.3 is 0 Å². The Labute approximate surface area is 138 Å². The standard InChI is InChI=1S/C17H32O6/c1-2-3-4-5-6-7-8-9-10-11-23-17(15(21)13-19)16(22)14(20)12-18/h2,13-18,20-22H,1,3-12H2/t14-,15+,16-,17-/m1/s1. The van der Waals surface area contributed by atoms with Gasteiger partial charge in [0.15, 0.2) is 6.29 Å². The Morgan fingerprint density at radius 1 is 0.957 bits per heavy atom. The van der Waals surface area contributed by atoms with Crippen LogP contribution in [0.1, 0.15) is 51.4 Å². The van der Waals surface area contributed by atoms with E-state index in [2.05, 4.69) is 6.58 Å². The maximum absolute atomic E-state index is 10.7. The first-order valence-corrected chi connectivity index (χ1v) is 8.41. The first-order chi connectivity index (χ1) is 11.1. The van der Waals surface area contributed by atoms with E-state index in [1.165, 1.54) is 19.3 Å². The molecule has 4 N–H and O–H groups in total. The van der Waals surface area contributed by atoms with Crippen molar-refractivity contribution in [1.82, 2.24) is 0 Å². The van der Waals surface area contributed by atoms with Crippen molar-refractivity contribution in [2.75, 3.05) is 13.2 Å². The fourth-order valence-corrected chi connectivity index (χ4v) is 2.30. The number of rotatable bonds is 16. The normalized spacial score (nSPS) is 16.5. The van der Waals surface area contributed by atoms with E-state index in [-0.39, 0.29) is 12.9 Å². The highest BCUT2D eigenvalue weighted by Crippen LogP contribution is 2.12. The van der Waals surface area contributed by atoms with Crippen LogP contribution in [-0.4, -0.2) is 64.3 Å². The Bertz CT molecular complexity index is 297. The zero-order valence-corrected chi connectivity index (χ0v) is 13.8. The molecule has 0 aliphatic heterocycles. The summed E-state index contributed by atoms with van der Waals surface area (Å²) in [7, 11) is 0. The molecule has 23 heavy (non-hydrogen) atoms. The van der Waals surface area contributed by atoms with E-state index < -0.39 is 31.0 Å². The average Bonchev–Trinajstić information content (AvgIpc) is 2.57. The first-order valence-electron chi connectivity index (χ1n) is 8.41. The molecule has 0 aromatic carbocycles. The molecule has 0 rings (SSSR count). The van der Waals surface area contributed by atoms with E-state index in [9.17, 15) is 20.1 Å². The number of hydrogen-bond donors (Lipinski definition) is 4. The fraction of sp³-hybridized carbons (Fsp3) is 0.824. The Balaban J connectivity index is 3.83. The van der Waals surface area contributed by atoms with Gasteiger partial charge in [-0.05, 0) is 19.3 Å². The molecule has 0 fully saturated rings. The smallest absolute Gasteiger partial charge is 0.151 e. The molecule has 0 aromatic rings. The van der Waals surface area contributed by atoms with Crippen LogP contribution in [-0.2, 0) is 9.53 Å². The number of hydrogen-bond acceptors (Lipinski definition) is 6. The molecule has 6 heteroatoms. The van der Waals surface area contributed by atoms with E-state index in [0.717, 1.165) is 32.1 Å². The molecular weight excluding hydrogens is 300 g/mol. The van der Waals surface area contributed by atoms with Gasteiger partial charge in [-0.25, -0.2) is 0 Å². The summed E-state index contributed by atoms with van der Waals surface area (Å²) in [5, 5.41) is 37.5. The molecule has 0 saturated heterocycles. The van der Waals surface area contributed by atoms with Crippen molar-refractivity contribution >= 4 is 6.29 Å². The molecule has 0 spiro atoms. The average molecular weight is 332 g/mol. The number of aldehydes is 1. The van der Waals surface area contributed by atoms with Crippen LogP contribution >= 0.6 is 0 Å². The number of aliphatic hydroxyl groups excluding tert-OH is 4. The zero-order chi connectivity index (χ0) is 17.5. The molecule has 0 heterocycles. The summed E-state index contributed by atoms with van der Waals surface area (Å²) in [6, 6.07) is 0. The Hall–Kier alpha value is -0.790. The third kappa shape index (κ3) is 10.6. The van der Waals surface area contributed by atoms with Gasteiger partial charge in [-0.2, -0.15) is 0 Å². The summed E-state index contributed by atoms with van der Waals surface area (Å²) < 4.78 is 5.33. The molecule has 6 nitrogen and oxygen atoms in total. The van der Waals surface area contributed by atoms with E-state index in [1.54, 1.807) is 0 Å². The minimum absolute atomic E-state index is 0.251. The van der Waals surface area contributed by atoms with Crippen molar-refractivity contribution < 1.29 is 30.0 Å². The molecule has 0 radical (unpaired) electrons. The largest absolute Gasteiger partial charge is 0.394 e. The molecule has 0 aromatic heterocycles. The van der Waals surface area contributed by atoms with Gasteiger partial charge in [-0.1, -0.05) is 38.2 Å². The van der Waals surface area contributed by atoms with Crippen LogP contribution < -0.4 is 0 Å². The van der Waals surface area contributed by atoms with Gasteiger partial charge in [-0.15, -0.1) is 6.58 Å². The second-order valence-corrected chi connectivity index (χ2v) is 5.75. The number of allylic oxidation sites excluding steroid dienone is 1.